The lowest BCUT2D eigenvalue weighted by molar-refractivity contribution is -0.132. The van der Waals surface area contributed by atoms with E-state index in [1.54, 1.807) is 6.07 Å². The average molecular weight is 338 g/mol. The first-order valence-electron chi connectivity index (χ1n) is 8.09. The van der Waals surface area contributed by atoms with Crippen LogP contribution in [0.1, 0.15) is 31.7 Å². The van der Waals surface area contributed by atoms with Crippen LogP contribution in [-0.4, -0.2) is 45.1 Å². The molecule has 1 aliphatic heterocycles. The first-order valence-corrected chi connectivity index (χ1v) is 9.94. The minimum absolute atomic E-state index is 0.0400. The fourth-order valence-corrected chi connectivity index (χ4v) is 3.80. The van der Waals surface area contributed by atoms with Crippen molar-refractivity contribution in [1.29, 1.82) is 0 Å². The van der Waals surface area contributed by atoms with Gasteiger partial charge in [0.05, 0.1) is 11.9 Å². The molecule has 1 fully saturated rings. The number of hydrogen-bond acceptors (Lipinski definition) is 3. The molecule has 1 heterocycles. The van der Waals surface area contributed by atoms with Crippen molar-refractivity contribution in [2.45, 2.75) is 33.1 Å². The molecule has 0 saturated carbocycles. The van der Waals surface area contributed by atoms with Gasteiger partial charge in [-0.25, -0.2) is 8.42 Å². The topological polar surface area (TPSA) is 57.7 Å². The molecule has 1 amide bonds. The lowest BCUT2D eigenvalue weighted by Crippen LogP contribution is -2.40. The third-order valence-corrected chi connectivity index (χ3v) is 5.55. The number of nitrogens with zero attached hydrogens (tertiary/aromatic N) is 2. The predicted octanol–water partition coefficient (Wildman–Crippen LogP) is 2.41. The van der Waals surface area contributed by atoms with Crippen LogP contribution < -0.4 is 4.31 Å². The van der Waals surface area contributed by atoms with Crippen molar-refractivity contribution >= 4 is 21.6 Å². The smallest absolute Gasteiger partial charge is 0.232 e. The molecule has 1 aromatic rings. The van der Waals surface area contributed by atoms with Gasteiger partial charge in [0, 0.05) is 26.1 Å². The quantitative estimate of drug-likeness (QED) is 0.828. The highest BCUT2D eigenvalue weighted by Gasteiger charge is 2.23. The van der Waals surface area contributed by atoms with E-state index in [0.717, 1.165) is 31.5 Å². The summed E-state index contributed by atoms with van der Waals surface area (Å²) in [6, 6.07) is 7.34. The minimum atomic E-state index is -3.41. The van der Waals surface area contributed by atoms with Crippen LogP contribution in [0.5, 0.6) is 0 Å². The SMILES string of the molecule is Cc1cccc(N(CCC(=O)N2CCC(C)CC2)S(C)(=O)=O)c1. The van der Waals surface area contributed by atoms with Gasteiger partial charge in [-0.2, -0.15) is 0 Å². The number of sulfonamides is 1. The summed E-state index contributed by atoms with van der Waals surface area (Å²) in [6.07, 6.45) is 3.45. The maximum Gasteiger partial charge on any atom is 0.232 e. The van der Waals surface area contributed by atoms with Crippen LogP contribution in [0.4, 0.5) is 5.69 Å². The number of benzene rings is 1. The van der Waals surface area contributed by atoms with Crippen molar-refractivity contribution < 1.29 is 13.2 Å². The first kappa shape index (κ1) is 17.8. The number of piperidine rings is 1. The van der Waals surface area contributed by atoms with E-state index in [-0.39, 0.29) is 18.9 Å². The van der Waals surface area contributed by atoms with Crippen LogP contribution in [0, 0.1) is 12.8 Å². The molecule has 0 N–H and O–H groups in total. The molecule has 0 unspecified atom stereocenters. The van der Waals surface area contributed by atoms with Crippen LogP contribution in [0.15, 0.2) is 24.3 Å². The maximum absolute atomic E-state index is 12.3. The lowest BCUT2D eigenvalue weighted by atomic mass is 9.99. The van der Waals surface area contributed by atoms with E-state index in [9.17, 15) is 13.2 Å². The highest BCUT2D eigenvalue weighted by atomic mass is 32.2. The molecule has 0 aromatic heterocycles. The standard InChI is InChI=1S/C17H26N2O3S/c1-14-7-10-18(11-8-14)17(20)9-12-19(23(3,21)22)16-6-4-5-15(2)13-16/h4-6,13-14H,7-12H2,1-3H3. The Bertz CT molecular complexity index is 650. The molecule has 1 aromatic carbocycles. The van der Waals surface area contributed by atoms with Gasteiger partial charge < -0.3 is 4.90 Å². The number of likely N-dealkylation sites (tertiary alicyclic amines) is 1. The number of rotatable bonds is 5. The Labute approximate surface area is 139 Å². The molecular weight excluding hydrogens is 312 g/mol. The largest absolute Gasteiger partial charge is 0.343 e. The van der Waals surface area contributed by atoms with Gasteiger partial charge in [0.2, 0.25) is 15.9 Å². The van der Waals surface area contributed by atoms with Gasteiger partial charge in [0.15, 0.2) is 0 Å². The molecule has 0 atom stereocenters. The second kappa shape index (κ2) is 7.34. The minimum Gasteiger partial charge on any atom is -0.343 e. The summed E-state index contributed by atoms with van der Waals surface area (Å²) in [5.41, 5.74) is 1.61. The number of carbonyl (C=O) groups excluding carboxylic acids is 1. The highest BCUT2D eigenvalue weighted by Crippen LogP contribution is 2.20. The molecule has 6 heteroatoms. The molecule has 0 aliphatic carbocycles. The van der Waals surface area contributed by atoms with Crippen molar-refractivity contribution in [3.8, 4) is 0 Å². The molecule has 1 saturated heterocycles. The van der Waals surface area contributed by atoms with Crippen molar-refractivity contribution in [3.63, 3.8) is 0 Å². The van der Waals surface area contributed by atoms with Gasteiger partial charge in [-0.3, -0.25) is 9.10 Å². The van der Waals surface area contributed by atoms with E-state index in [1.807, 2.05) is 30.0 Å². The molecule has 23 heavy (non-hydrogen) atoms. The number of carbonyl (C=O) groups is 1. The average Bonchev–Trinajstić information content (AvgIpc) is 2.46. The first-order chi connectivity index (χ1) is 10.8. The number of hydrogen-bond donors (Lipinski definition) is 0. The van der Waals surface area contributed by atoms with Gasteiger partial charge in [0.1, 0.15) is 0 Å². The monoisotopic (exact) mass is 338 g/mol. The van der Waals surface area contributed by atoms with Crippen LogP contribution in [-0.2, 0) is 14.8 Å². The summed E-state index contributed by atoms with van der Waals surface area (Å²) in [4.78, 5) is 14.2. The Morgan fingerprint density at radius 2 is 1.96 bits per heavy atom. The summed E-state index contributed by atoms with van der Waals surface area (Å²) in [7, 11) is -3.41. The van der Waals surface area contributed by atoms with Crippen LogP contribution in [0.25, 0.3) is 0 Å². The van der Waals surface area contributed by atoms with Crippen LogP contribution >= 0.6 is 0 Å². The third-order valence-electron chi connectivity index (χ3n) is 4.36. The number of amides is 1. The normalized spacial score (nSPS) is 16.4. The lowest BCUT2D eigenvalue weighted by Gasteiger charge is -2.31. The Kier molecular flexibility index (Phi) is 5.68. The second-order valence-corrected chi connectivity index (χ2v) is 8.39. The van der Waals surface area contributed by atoms with E-state index < -0.39 is 10.0 Å². The zero-order chi connectivity index (χ0) is 17.0. The Morgan fingerprint density at radius 3 is 2.52 bits per heavy atom. The van der Waals surface area contributed by atoms with Gasteiger partial charge in [-0.1, -0.05) is 19.1 Å². The molecule has 0 radical (unpaired) electrons. The Hall–Kier alpha value is -1.56. The molecule has 0 bridgehead atoms. The summed E-state index contributed by atoms with van der Waals surface area (Å²) in [5.74, 6) is 0.706. The summed E-state index contributed by atoms with van der Waals surface area (Å²) in [6.45, 7) is 5.87. The molecule has 5 nitrogen and oxygen atoms in total. The van der Waals surface area contributed by atoms with E-state index >= 15 is 0 Å². The van der Waals surface area contributed by atoms with Gasteiger partial charge in [0.25, 0.3) is 0 Å². The van der Waals surface area contributed by atoms with Crippen molar-refractivity contribution in [1.82, 2.24) is 4.90 Å². The third kappa shape index (κ3) is 4.96. The van der Waals surface area contributed by atoms with Crippen molar-refractivity contribution in [2.24, 2.45) is 5.92 Å². The van der Waals surface area contributed by atoms with Gasteiger partial charge in [-0.05, 0) is 43.4 Å². The molecule has 2 rings (SSSR count). The summed E-state index contributed by atoms with van der Waals surface area (Å²) >= 11 is 0. The van der Waals surface area contributed by atoms with Crippen LogP contribution in [0.3, 0.4) is 0 Å². The second-order valence-electron chi connectivity index (χ2n) is 6.49. The highest BCUT2D eigenvalue weighted by molar-refractivity contribution is 7.92. The number of aryl methyl sites for hydroxylation is 1. The molecule has 1 aliphatic rings. The fraction of sp³-hybridized carbons (Fsp3) is 0.588. The van der Waals surface area contributed by atoms with Crippen molar-refractivity contribution in [2.75, 3.05) is 30.2 Å². The summed E-state index contributed by atoms with van der Waals surface area (Å²) < 4.78 is 25.5. The Balaban J connectivity index is 2.03. The summed E-state index contributed by atoms with van der Waals surface area (Å²) in [5, 5.41) is 0. The van der Waals surface area contributed by atoms with Gasteiger partial charge in [-0.15, -0.1) is 0 Å². The molecule has 128 valence electrons. The molecule has 0 spiro atoms. The van der Waals surface area contributed by atoms with Gasteiger partial charge >= 0.3 is 0 Å². The fourth-order valence-electron chi connectivity index (χ4n) is 2.88. The van der Waals surface area contributed by atoms with E-state index in [0.29, 0.717) is 11.6 Å². The zero-order valence-electron chi connectivity index (χ0n) is 14.2. The van der Waals surface area contributed by atoms with E-state index in [4.69, 9.17) is 0 Å². The van der Waals surface area contributed by atoms with Crippen LogP contribution in [0.2, 0.25) is 0 Å². The maximum atomic E-state index is 12.3. The predicted molar refractivity (Wildman–Crippen MR) is 93.0 cm³/mol. The number of anilines is 1. The Morgan fingerprint density at radius 1 is 1.30 bits per heavy atom. The van der Waals surface area contributed by atoms with E-state index in [1.165, 1.54) is 10.6 Å². The zero-order valence-corrected chi connectivity index (χ0v) is 15.0. The van der Waals surface area contributed by atoms with E-state index in [2.05, 4.69) is 6.92 Å². The molecular formula is C17H26N2O3S. The van der Waals surface area contributed by atoms with Crippen molar-refractivity contribution in [3.05, 3.63) is 29.8 Å².